The van der Waals surface area contributed by atoms with E-state index in [1.807, 2.05) is 45.0 Å². The molecule has 4 rings (SSSR count). The number of aliphatic hydroxyl groups excluding tert-OH is 1. The Bertz CT molecular complexity index is 1070. The first-order valence-corrected chi connectivity index (χ1v) is 12.7. The van der Waals surface area contributed by atoms with E-state index in [9.17, 15) is 9.59 Å². The lowest BCUT2D eigenvalue weighted by atomic mass is 9.93. The largest absolute Gasteiger partial charge is 0.395 e. The van der Waals surface area contributed by atoms with Crippen molar-refractivity contribution in [2.24, 2.45) is 5.41 Å². The van der Waals surface area contributed by atoms with Crippen LogP contribution in [0.25, 0.3) is 0 Å². The van der Waals surface area contributed by atoms with E-state index in [1.54, 1.807) is 10.6 Å². The quantitative estimate of drug-likeness (QED) is 0.391. The Morgan fingerprint density at radius 1 is 1.15 bits per heavy atom. The molecule has 2 fully saturated rings. The van der Waals surface area contributed by atoms with Gasteiger partial charge in [0.05, 0.1) is 17.9 Å². The van der Waals surface area contributed by atoms with E-state index in [2.05, 4.69) is 14.9 Å². The molecule has 1 saturated carbocycles. The van der Waals surface area contributed by atoms with E-state index in [0.29, 0.717) is 22.4 Å². The third kappa shape index (κ3) is 5.22. The highest BCUT2D eigenvalue weighted by Gasteiger charge is 2.44. The number of nitrogens with zero attached hydrogens (tertiary/aromatic N) is 2. The Hall–Kier alpha value is -2.45. The smallest absolute Gasteiger partial charge is 0.274 e. The summed E-state index contributed by atoms with van der Waals surface area (Å²) in [7, 11) is 0. The van der Waals surface area contributed by atoms with Gasteiger partial charge >= 0.3 is 0 Å². The van der Waals surface area contributed by atoms with Crippen LogP contribution < -0.4 is 20.5 Å². The zero-order valence-electron chi connectivity index (χ0n) is 19.7. The van der Waals surface area contributed by atoms with Crippen molar-refractivity contribution in [3.8, 4) is 0 Å². The van der Waals surface area contributed by atoms with Crippen molar-refractivity contribution in [3.05, 3.63) is 51.9 Å². The Balaban J connectivity index is 1.61. The van der Waals surface area contributed by atoms with Crippen molar-refractivity contribution in [2.75, 3.05) is 40.4 Å². The number of benzene rings is 1. The molecule has 33 heavy (non-hydrogen) atoms. The number of amides is 1. The second kappa shape index (κ2) is 9.81. The Morgan fingerprint density at radius 3 is 2.52 bits per heavy atom. The number of carbonyl (C=O) groups excluding carboxylic acids is 1. The fourth-order valence-electron chi connectivity index (χ4n) is 4.70. The maximum atomic E-state index is 13.4. The second-order valence-electron chi connectivity index (χ2n) is 9.50. The molecule has 0 radical (unpaired) electrons. The summed E-state index contributed by atoms with van der Waals surface area (Å²) in [4.78, 5) is 28.6. The molecule has 178 valence electrons. The predicted octanol–water partition coefficient (Wildman–Crippen LogP) is 4.42. The van der Waals surface area contributed by atoms with E-state index in [-0.39, 0.29) is 24.1 Å². The summed E-state index contributed by atoms with van der Waals surface area (Å²) in [6, 6.07) is 9.26. The molecule has 0 atom stereocenters. The van der Waals surface area contributed by atoms with Gasteiger partial charge in [-0.25, -0.2) is 0 Å². The minimum atomic E-state index is -0.275. The summed E-state index contributed by atoms with van der Waals surface area (Å²) in [6.45, 7) is 7.78. The van der Waals surface area contributed by atoms with E-state index in [1.165, 1.54) is 24.8 Å². The van der Waals surface area contributed by atoms with Crippen molar-refractivity contribution in [2.45, 2.75) is 52.5 Å². The molecule has 1 aromatic carbocycles. The molecule has 2 aliphatic rings. The van der Waals surface area contributed by atoms with Crippen molar-refractivity contribution in [3.63, 3.8) is 0 Å². The maximum Gasteiger partial charge on any atom is 0.274 e. The van der Waals surface area contributed by atoms with Gasteiger partial charge < -0.3 is 24.6 Å². The molecule has 1 aromatic heterocycles. The summed E-state index contributed by atoms with van der Waals surface area (Å²) in [6.07, 6.45) is 4.95. The van der Waals surface area contributed by atoms with Gasteiger partial charge in [0.25, 0.3) is 11.5 Å². The Kier molecular flexibility index (Phi) is 7.05. The van der Waals surface area contributed by atoms with Crippen LogP contribution >= 0.6 is 11.9 Å². The topological polar surface area (TPSA) is 86.6 Å². The first-order chi connectivity index (χ1) is 15.8. The third-order valence-electron chi connectivity index (χ3n) is 6.83. The number of piperidine rings is 1. The lowest BCUT2D eigenvalue weighted by Crippen LogP contribution is -2.36. The lowest BCUT2D eigenvalue weighted by molar-refractivity contribution is 0.102. The van der Waals surface area contributed by atoms with E-state index in [4.69, 9.17) is 5.11 Å². The van der Waals surface area contributed by atoms with Gasteiger partial charge in [0.15, 0.2) is 0 Å². The number of hydrogen-bond acceptors (Lipinski definition) is 6. The molecular weight excluding hydrogens is 436 g/mol. The number of nitrogens with one attached hydrogen (secondary N) is 2. The van der Waals surface area contributed by atoms with Crippen LogP contribution in [0, 0.1) is 12.3 Å². The van der Waals surface area contributed by atoms with Gasteiger partial charge in [0.2, 0.25) is 0 Å². The fraction of sp³-hybridized carbons (Fsp3) is 0.520. The summed E-state index contributed by atoms with van der Waals surface area (Å²) in [5.74, 6) is 0.307. The van der Waals surface area contributed by atoms with Crippen molar-refractivity contribution in [1.29, 1.82) is 0 Å². The van der Waals surface area contributed by atoms with Crippen LogP contribution in [0.3, 0.4) is 0 Å². The molecule has 1 amide bonds. The maximum absolute atomic E-state index is 13.4. The van der Waals surface area contributed by atoms with E-state index in [0.717, 1.165) is 43.0 Å². The number of aliphatic hydroxyl groups is 1. The summed E-state index contributed by atoms with van der Waals surface area (Å²) < 4.78 is 4.95. The fourth-order valence-corrected chi connectivity index (χ4v) is 5.19. The SMILES string of the molecule is Cc1ccc(NC(=O)c2ccc(NSCCO)cc2N2CCC3(CC2)CC3)c(=O)n1C(C)C. The number of hydrogen-bond donors (Lipinski definition) is 3. The van der Waals surface area contributed by atoms with Crippen LogP contribution in [-0.2, 0) is 0 Å². The normalized spacial score (nSPS) is 16.8. The van der Waals surface area contributed by atoms with Gasteiger partial charge in [-0.1, -0.05) is 11.9 Å². The van der Waals surface area contributed by atoms with Crippen LogP contribution in [0.15, 0.2) is 35.1 Å². The summed E-state index contributed by atoms with van der Waals surface area (Å²) in [5.41, 5.74) is 3.85. The molecule has 2 aromatic rings. The molecule has 8 heteroatoms. The number of aryl methyl sites for hydroxylation is 1. The highest BCUT2D eigenvalue weighted by molar-refractivity contribution is 8.00. The average molecular weight is 471 g/mol. The van der Waals surface area contributed by atoms with Crippen molar-refractivity contribution < 1.29 is 9.90 Å². The van der Waals surface area contributed by atoms with Gasteiger partial charge in [0.1, 0.15) is 5.69 Å². The zero-order valence-corrected chi connectivity index (χ0v) is 20.5. The zero-order chi connectivity index (χ0) is 23.6. The molecule has 1 saturated heterocycles. The summed E-state index contributed by atoms with van der Waals surface area (Å²) >= 11 is 1.43. The standard InChI is InChI=1S/C25H34N4O3S/c1-17(2)29-18(3)4-7-21(24(29)32)26-23(31)20-6-5-19(27-33-15-14-30)16-22(20)28-12-10-25(8-9-25)11-13-28/h4-7,16-17,27,30H,8-15H2,1-3H3,(H,26,31). The molecule has 3 N–H and O–H groups in total. The highest BCUT2D eigenvalue weighted by Crippen LogP contribution is 2.54. The Morgan fingerprint density at radius 2 is 1.88 bits per heavy atom. The molecule has 1 aliphatic carbocycles. The van der Waals surface area contributed by atoms with Crippen molar-refractivity contribution >= 4 is 34.9 Å². The third-order valence-corrected chi connectivity index (χ3v) is 7.60. The minimum Gasteiger partial charge on any atom is -0.395 e. The molecule has 0 unspecified atom stereocenters. The van der Waals surface area contributed by atoms with Gasteiger partial charge in [-0.05, 0) is 82.2 Å². The first kappa shape index (κ1) is 23.7. The summed E-state index contributed by atoms with van der Waals surface area (Å²) in [5, 5.41) is 11.9. The molecule has 7 nitrogen and oxygen atoms in total. The van der Waals surface area contributed by atoms with Crippen LogP contribution in [-0.4, -0.2) is 41.0 Å². The monoisotopic (exact) mass is 470 g/mol. The van der Waals surface area contributed by atoms with Gasteiger partial charge in [0, 0.05) is 36.3 Å². The molecule has 2 heterocycles. The number of carbonyl (C=O) groups is 1. The highest BCUT2D eigenvalue weighted by atomic mass is 32.2. The molecular formula is C25H34N4O3S. The van der Waals surface area contributed by atoms with E-state index >= 15 is 0 Å². The Labute approximate surface area is 199 Å². The van der Waals surface area contributed by atoms with Crippen LogP contribution in [0.1, 0.15) is 61.6 Å². The van der Waals surface area contributed by atoms with E-state index < -0.39 is 0 Å². The lowest BCUT2D eigenvalue weighted by Gasteiger charge is -2.35. The molecule has 0 bridgehead atoms. The predicted molar refractivity (Wildman–Crippen MR) is 136 cm³/mol. The van der Waals surface area contributed by atoms with Crippen molar-refractivity contribution in [1.82, 2.24) is 4.57 Å². The van der Waals surface area contributed by atoms with Gasteiger partial charge in [-0.2, -0.15) is 0 Å². The molecule has 1 aliphatic heterocycles. The number of rotatable bonds is 8. The number of anilines is 3. The van der Waals surface area contributed by atoms with Gasteiger partial charge in [-0.3, -0.25) is 9.59 Å². The molecule has 1 spiro atoms. The first-order valence-electron chi connectivity index (χ1n) is 11.7. The van der Waals surface area contributed by atoms with Crippen LogP contribution in [0.4, 0.5) is 17.1 Å². The van der Waals surface area contributed by atoms with Crippen LogP contribution in [0.2, 0.25) is 0 Å². The average Bonchev–Trinajstić information content (AvgIpc) is 3.55. The van der Waals surface area contributed by atoms with Gasteiger partial charge in [-0.15, -0.1) is 0 Å². The number of pyridine rings is 1. The second-order valence-corrected chi connectivity index (χ2v) is 10.4. The minimum absolute atomic E-state index is 0.00906. The van der Waals surface area contributed by atoms with Crippen LogP contribution in [0.5, 0.6) is 0 Å². The number of aromatic nitrogens is 1.